The summed E-state index contributed by atoms with van der Waals surface area (Å²) >= 11 is 0. The van der Waals surface area contributed by atoms with E-state index in [0.717, 1.165) is 12.8 Å². The number of hydrogen-bond acceptors (Lipinski definition) is 1. The third kappa shape index (κ3) is 1.66. The molecule has 0 bridgehead atoms. The Labute approximate surface area is 119 Å². The molecule has 0 amide bonds. The van der Waals surface area contributed by atoms with E-state index >= 15 is 0 Å². The van der Waals surface area contributed by atoms with Gasteiger partial charge in [-0.25, -0.2) is 0 Å². The molecule has 2 aromatic carbocycles. The van der Waals surface area contributed by atoms with Crippen molar-refractivity contribution < 1.29 is 4.79 Å². The minimum Gasteiger partial charge on any atom is -0.299 e. The van der Waals surface area contributed by atoms with Gasteiger partial charge in [-0.1, -0.05) is 43.3 Å². The monoisotopic (exact) mass is 262 g/mol. The van der Waals surface area contributed by atoms with Crippen molar-refractivity contribution in [1.29, 1.82) is 0 Å². The smallest absolute Gasteiger partial charge is 0.137 e. The molecule has 1 atom stereocenters. The number of benzene rings is 2. The Hall–Kier alpha value is -1.89. The summed E-state index contributed by atoms with van der Waals surface area (Å²) in [6.45, 7) is 2.21. The summed E-state index contributed by atoms with van der Waals surface area (Å²) in [7, 11) is 0. The Bertz CT molecular complexity index is 712. The fourth-order valence-corrected chi connectivity index (χ4v) is 3.99. The molecule has 0 aliphatic heterocycles. The van der Waals surface area contributed by atoms with Crippen molar-refractivity contribution in [1.82, 2.24) is 0 Å². The van der Waals surface area contributed by atoms with E-state index in [1.807, 2.05) is 0 Å². The molecular weight excluding hydrogens is 244 g/mol. The van der Waals surface area contributed by atoms with E-state index < -0.39 is 0 Å². The van der Waals surface area contributed by atoms with Crippen LogP contribution >= 0.6 is 0 Å². The molecule has 2 aromatic rings. The molecule has 1 nitrogen and oxygen atoms in total. The number of fused-ring (bicyclic) bond motifs is 5. The number of carbonyl (C=O) groups is 1. The Morgan fingerprint density at radius 3 is 2.70 bits per heavy atom. The van der Waals surface area contributed by atoms with Crippen LogP contribution in [0.3, 0.4) is 0 Å². The van der Waals surface area contributed by atoms with Gasteiger partial charge in [-0.2, -0.15) is 0 Å². The molecule has 0 aromatic heterocycles. The van der Waals surface area contributed by atoms with Crippen molar-refractivity contribution in [3.63, 3.8) is 0 Å². The van der Waals surface area contributed by atoms with Gasteiger partial charge in [0.1, 0.15) is 5.78 Å². The molecule has 4 rings (SSSR count). The van der Waals surface area contributed by atoms with Crippen LogP contribution in [0.2, 0.25) is 0 Å². The van der Waals surface area contributed by atoms with Crippen LogP contribution in [-0.2, 0) is 24.1 Å². The molecule has 0 saturated heterocycles. The van der Waals surface area contributed by atoms with Gasteiger partial charge in [-0.15, -0.1) is 0 Å². The second-order valence-electron chi connectivity index (χ2n) is 6.14. The van der Waals surface area contributed by atoms with E-state index in [9.17, 15) is 4.79 Å². The highest BCUT2D eigenvalue weighted by Gasteiger charge is 2.28. The third-order valence-corrected chi connectivity index (χ3v) is 4.81. The van der Waals surface area contributed by atoms with Gasteiger partial charge in [0.05, 0.1) is 0 Å². The van der Waals surface area contributed by atoms with Crippen molar-refractivity contribution in [2.75, 3.05) is 0 Å². The van der Waals surface area contributed by atoms with Gasteiger partial charge in [0.25, 0.3) is 0 Å². The number of Topliss-reactive ketones (excluding diaryl/α,β-unsaturated/α-hetero) is 1. The van der Waals surface area contributed by atoms with E-state index in [4.69, 9.17) is 0 Å². The predicted octanol–water partition coefficient (Wildman–Crippen LogP) is 4.07. The van der Waals surface area contributed by atoms with E-state index in [-0.39, 0.29) is 0 Å². The van der Waals surface area contributed by atoms with Gasteiger partial charge < -0.3 is 0 Å². The van der Waals surface area contributed by atoms with Crippen molar-refractivity contribution in [2.24, 2.45) is 0 Å². The average molecular weight is 262 g/mol. The van der Waals surface area contributed by atoms with Crippen LogP contribution in [0.4, 0.5) is 0 Å². The molecule has 0 unspecified atom stereocenters. The molecule has 1 heteroatoms. The number of rotatable bonds is 0. The number of carbonyl (C=O) groups excluding carboxylic acids is 1. The van der Waals surface area contributed by atoms with Gasteiger partial charge >= 0.3 is 0 Å². The lowest BCUT2D eigenvalue weighted by Gasteiger charge is -2.29. The Kier molecular flexibility index (Phi) is 2.56. The SMILES string of the molecule is C[C@@H]1CC(=O)Cc2ccc3c(c21)CCc1ccccc1-3. The quantitative estimate of drug-likeness (QED) is 0.699. The lowest BCUT2D eigenvalue weighted by molar-refractivity contribution is -0.119. The van der Waals surface area contributed by atoms with Crippen LogP contribution in [0.15, 0.2) is 36.4 Å². The average Bonchev–Trinajstić information content (AvgIpc) is 2.46. The standard InChI is InChI=1S/C19H18O/c1-12-10-15(20)11-14-7-8-17-16-5-3-2-4-13(16)6-9-18(17)19(12)14/h2-5,7-8,12H,6,9-11H2,1H3/t12-/m1/s1. The summed E-state index contributed by atoms with van der Waals surface area (Å²) in [6, 6.07) is 13.1. The zero-order chi connectivity index (χ0) is 13.7. The highest BCUT2D eigenvalue weighted by Crippen LogP contribution is 2.41. The Morgan fingerprint density at radius 2 is 1.80 bits per heavy atom. The zero-order valence-corrected chi connectivity index (χ0v) is 11.8. The van der Waals surface area contributed by atoms with Crippen LogP contribution in [0.5, 0.6) is 0 Å². The number of hydrogen-bond donors (Lipinski definition) is 0. The maximum atomic E-state index is 11.8. The molecule has 0 heterocycles. The maximum absolute atomic E-state index is 11.8. The van der Waals surface area contributed by atoms with Crippen LogP contribution in [0.25, 0.3) is 11.1 Å². The van der Waals surface area contributed by atoms with Crippen molar-refractivity contribution in [3.8, 4) is 11.1 Å². The van der Waals surface area contributed by atoms with Gasteiger partial charge in [-0.3, -0.25) is 4.79 Å². The lowest BCUT2D eigenvalue weighted by atomic mass is 9.74. The van der Waals surface area contributed by atoms with E-state index in [0.29, 0.717) is 24.5 Å². The lowest BCUT2D eigenvalue weighted by Crippen LogP contribution is -2.20. The zero-order valence-electron chi connectivity index (χ0n) is 11.8. The summed E-state index contributed by atoms with van der Waals surface area (Å²) in [5.74, 6) is 0.771. The summed E-state index contributed by atoms with van der Waals surface area (Å²) in [5, 5.41) is 0. The molecular formula is C19H18O. The molecule has 20 heavy (non-hydrogen) atoms. The van der Waals surface area contributed by atoms with Crippen molar-refractivity contribution in [3.05, 3.63) is 58.7 Å². The molecule has 2 aliphatic rings. The fraction of sp³-hybridized carbons (Fsp3) is 0.316. The number of ketones is 1. The Balaban J connectivity index is 1.96. The first-order chi connectivity index (χ1) is 9.74. The van der Waals surface area contributed by atoms with Gasteiger partial charge in [0, 0.05) is 12.8 Å². The molecule has 100 valence electrons. The molecule has 0 saturated carbocycles. The minimum absolute atomic E-state index is 0.381. The normalized spacial score (nSPS) is 20.1. The number of aryl methyl sites for hydroxylation is 1. The van der Waals surface area contributed by atoms with E-state index in [1.54, 1.807) is 0 Å². The summed E-state index contributed by atoms with van der Waals surface area (Å²) in [5.41, 5.74) is 8.48. The predicted molar refractivity (Wildman–Crippen MR) is 81.0 cm³/mol. The molecule has 0 spiro atoms. The molecule has 0 radical (unpaired) electrons. The first-order valence-electron chi connectivity index (χ1n) is 7.48. The summed E-state index contributed by atoms with van der Waals surface area (Å²) in [6.07, 6.45) is 3.59. The van der Waals surface area contributed by atoms with Crippen molar-refractivity contribution >= 4 is 5.78 Å². The fourth-order valence-electron chi connectivity index (χ4n) is 3.99. The highest BCUT2D eigenvalue weighted by atomic mass is 16.1. The molecule has 2 aliphatic carbocycles. The van der Waals surface area contributed by atoms with Crippen LogP contribution < -0.4 is 0 Å². The molecule has 0 fully saturated rings. The van der Waals surface area contributed by atoms with E-state index in [1.165, 1.54) is 33.4 Å². The van der Waals surface area contributed by atoms with Gasteiger partial charge in [-0.05, 0) is 52.1 Å². The summed E-state index contributed by atoms with van der Waals surface area (Å²) < 4.78 is 0. The second kappa shape index (κ2) is 4.31. The van der Waals surface area contributed by atoms with Crippen LogP contribution in [-0.4, -0.2) is 5.78 Å². The minimum atomic E-state index is 0.381. The van der Waals surface area contributed by atoms with Crippen LogP contribution in [0.1, 0.15) is 41.5 Å². The third-order valence-electron chi connectivity index (χ3n) is 4.81. The van der Waals surface area contributed by atoms with Crippen LogP contribution in [0, 0.1) is 0 Å². The first-order valence-corrected chi connectivity index (χ1v) is 7.48. The topological polar surface area (TPSA) is 17.1 Å². The highest BCUT2D eigenvalue weighted by molar-refractivity contribution is 5.86. The first kappa shape index (κ1) is 11.9. The van der Waals surface area contributed by atoms with E-state index in [2.05, 4.69) is 43.3 Å². The largest absolute Gasteiger partial charge is 0.299 e. The molecule has 0 N–H and O–H groups in total. The van der Waals surface area contributed by atoms with Gasteiger partial charge in [0.15, 0.2) is 0 Å². The maximum Gasteiger partial charge on any atom is 0.137 e. The van der Waals surface area contributed by atoms with Gasteiger partial charge in [0.2, 0.25) is 0 Å². The second-order valence-corrected chi connectivity index (χ2v) is 6.14. The Morgan fingerprint density at radius 1 is 0.950 bits per heavy atom. The summed E-state index contributed by atoms with van der Waals surface area (Å²) in [4.78, 5) is 11.8. The van der Waals surface area contributed by atoms with Crippen molar-refractivity contribution in [2.45, 2.75) is 38.5 Å².